The van der Waals surface area contributed by atoms with Gasteiger partial charge in [0.15, 0.2) is 0 Å². The van der Waals surface area contributed by atoms with Gasteiger partial charge in [0.2, 0.25) is 0 Å². The molecule has 0 radical (unpaired) electrons. The van der Waals surface area contributed by atoms with E-state index in [0.717, 1.165) is 5.56 Å². The largest absolute Gasteiger partial charge is 0.478 e. The van der Waals surface area contributed by atoms with Crippen molar-refractivity contribution < 1.29 is 14.3 Å². The quantitative estimate of drug-likeness (QED) is 0.853. The lowest BCUT2D eigenvalue weighted by atomic mass is 9.77. The number of benzene rings is 1. The van der Waals surface area contributed by atoms with E-state index >= 15 is 0 Å². The Bertz CT molecular complexity index is 380. The van der Waals surface area contributed by atoms with Crippen molar-refractivity contribution >= 4 is 5.97 Å². The van der Waals surface area contributed by atoms with Gasteiger partial charge in [0.1, 0.15) is 0 Å². The Hall–Kier alpha value is -1.38. The molecule has 88 valence electrons. The van der Waals surface area contributed by atoms with Gasteiger partial charge in [-0.3, -0.25) is 4.39 Å². The predicted octanol–water partition coefficient (Wildman–Crippen LogP) is 3.48. The molecule has 0 saturated heterocycles. The highest BCUT2D eigenvalue weighted by Gasteiger charge is 2.26. The minimum absolute atomic E-state index is 0.209. The van der Waals surface area contributed by atoms with Crippen LogP contribution in [0.5, 0.6) is 0 Å². The van der Waals surface area contributed by atoms with E-state index in [1.54, 1.807) is 18.2 Å². The number of carboxylic acid groups (broad SMARTS) is 1. The van der Waals surface area contributed by atoms with Crippen LogP contribution in [0.4, 0.5) is 4.39 Å². The molecule has 1 aromatic rings. The molecule has 0 spiro atoms. The molecule has 1 atom stereocenters. The van der Waals surface area contributed by atoms with Gasteiger partial charge in [-0.2, -0.15) is 0 Å². The van der Waals surface area contributed by atoms with E-state index in [4.69, 9.17) is 5.11 Å². The van der Waals surface area contributed by atoms with Gasteiger partial charge in [0.05, 0.1) is 12.2 Å². The van der Waals surface area contributed by atoms with Crippen LogP contribution in [-0.2, 0) is 0 Å². The SMILES string of the molecule is CC(C)(C)C(CF)c1cccc(C(=O)O)c1. The number of alkyl halides is 1. The van der Waals surface area contributed by atoms with E-state index in [0.29, 0.717) is 0 Å². The first-order chi connectivity index (χ1) is 7.36. The van der Waals surface area contributed by atoms with Crippen LogP contribution in [0, 0.1) is 5.41 Å². The lowest BCUT2D eigenvalue weighted by molar-refractivity contribution is 0.0696. The third-order valence-corrected chi connectivity index (χ3v) is 2.74. The smallest absolute Gasteiger partial charge is 0.335 e. The van der Waals surface area contributed by atoms with Crippen LogP contribution in [0.25, 0.3) is 0 Å². The Morgan fingerprint density at radius 2 is 2.06 bits per heavy atom. The summed E-state index contributed by atoms with van der Waals surface area (Å²) >= 11 is 0. The van der Waals surface area contributed by atoms with Gasteiger partial charge in [-0.15, -0.1) is 0 Å². The Kier molecular flexibility index (Phi) is 3.68. The third-order valence-electron chi connectivity index (χ3n) is 2.74. The maximum Gasteiger partial charge on any atom is 0.335 e. The van der Waals surface area contributed by atoms with E-state index in [-0.39, 0.29) is 16.9 Å². The van der Waals surface area contributed by atoms with Crippen molar-refractivity contribution in [3.63, 3.8) is 0 Å². The van der Waals surface area contributed by atoms with Crippen LogP contribution >= 0.6 is 0 Å². The lowest BCUT2D eigenvalue weighted by Crippen LogP contribution is -2.20. The average Bonchev–Trinajstić information content (AvgIpc) is 2.17. The molecule has 1 aromatic carbocycles. The van der Waals surface area contributed by atoms with Crippen LogP contribution in [-0.4, -0.2) is 17.8 Å². The molecule has 1 N–H and O–H groups in total. The number of carbonyl (C=O) groups is 1. The second kappa shape index (κ2) is 4.64. The summed E-state index contributed by atoms with van der Waals surface area (Å²) < 4.78 is 13.0. The van der Waals surface area contributed by atoms with Crippen LogP contribution in [0.15, 0.2) is 24.3 Å². The Labute approximate surface area is 95.1 Å². The fourth-order valence-corrected chi connectivity index (χ4v) is 1.71. The van der Waals surface area contributed by atoms with Gasteiger partial charge in [0.25, 0.3) is 0 Å². The third kappa shape index (κ3) is 2.81. The molecule has 16 heavy (non-hydrogen) atoms. The minimum atomic E-state index is -0.978. The van der Waals surface area contributed by atoms with Crippen molar-refractivity contribution in [2.24, 2.45) is 5.41 Å². The summed E-state index contributed by atoms with van der Waals surface area (Å²) in [6, 6.07) is 6.51. The topological polar surface area (TPSA) is 37.3 Å². The van der Waals surface area contributed by atoms with Crippen molar-refractivity contribution in [1.82, 2.24) is 0 Å². The number of rotatable bonds is 3. The van der Waals surface area contributed by atoms with E-state index in [1.807, 2.05) is 20.8 Å². The fraction of sp³-hybridized carbons (Fsp3) is 0.462. The summed E-state index contributed by atoms with van der Waals surface area (Å²) in [7, 11) is 0. The second-order valence-electron chi connectivity index (χ2n) is 5.00. The molecule has 0 heterocycles. The first-order valence-corrected chi connectivity index (χ1v) is 5.25. The van der Waals surface area contributed by atoms with Crippen LogP contribution in [0.3, 0.4) is 0 Å². The summed E-state index contributed by atoms with van der Waals surface area (Å²) in [5.74, 6) is -1.25. The summed E-state index contributed by atoms with van der Waals surface area (Å²) in [6.07, 6.45) is 0. The fourth-order valence-electron chi connectivity index (χ4n) is 1.71. The zero-order valence-corrected chi connectivity index (χ0v) is 9.83. The summed E-state index contributed by atoms with van der Waals surface area (Å²) in [5.41, 5.74) is 0.737. The Morgan fingerprint density at radius 3 is 2.50 bits per heavy atom. The van der Waals surface area contributed by atoms with E-state index in [2.05, 4.69) is 0 Å². The molecule has 0 amide bonds. The van der Waals surface area contributed by atoms with Crippen molar-refractivity contribution in [3.05, 3.63) is 35.4 Å². The number of halogens is 1. The summed E-state index contributed by atoms with van der Waals surface area (Å²) in [4.78, 5) is 10.8. The standard InChI is InChI=1S/C13H17FO2/c1-13(2,3)11(8-14)9-5-4-6-10(7-9)12(15)16/h4-7,11H,8H2,1-3H3,(H,15,16). The van der Waals surface area contributed by atoms with Gasteiger partial charge in [-0.1, -0.05) is 32.9 Å². The second-order valence-corrected chi connectivity index (χ2v) is 5.00. The molecule has 2 nitrogen and oxygen atoms in total. The van der Waals surface area contributed by atoms with Gasteiger partial charge in [-0.05, 0) is 23.1 Å². The Morgan fingerprint density at radius 1 is 1.44 bits per heavy atom. The lowest BCUT2D eigenvalue weighted by Gasteiger charge is -2.28. The summed E-state index contributed by atoms with van der Waals surface area (Å²) in [6.45, 7) is 5.37. The van der Waals surface area contributed by atoms with Crippen molar-refractivity contribution in [1.29, 1.82) is 0 Å². The molecule has 1 rings (SSSR count). The molecule has 0 aromatic heterocycles. The Balaban J connectivity index is 3.11. The number of hydrogen-bond donors (Lipinski definition) is 1. The molecular weight excluding hydrogens is 207 g/mol. The first-order valence-electron chi connectivity index (χ1n) is 5.25. The molecular formula is C13H17FO2. The van der Waals surface area contributed by atoms with Crippen LogP contribution < -0.4 is 0 Å². The van der Waals surface area contributed by atoms with Crippen molar-refractivity contribution in [2.75, 3.05) is 6.67 Å². The molecule has 0 aliphatic carbocycles. The van der Waals surface area contributed by atoms with Crippen molar-refractivity contribution in [3.8, 4) is 0 Å². The van der Waals surface area contributed by atoms with Crippen LogP contribution in [0.1, 0.15) is 42.6 Å². The molecule has 1 unspecified atom stereocenters. The highest BCUT2D eigenvalue weighted by atomic mass is 19.1. The number of hydrogen-bond acceptors (Lipinski definition) is 1. The molecule has 0 saturated carbocycles. The molecule has 0 aliphatic heterocycles. The number of carboxylic acids is 1. The molecule has 0 aliphatic rings. The molecule has 3 heteroatoms. The van der Waals surface area contributed by atoms with Crippen LogP contribution in [0.2, 0.25) is 0 Å². The zero-order chi connectivity index (χ0) is 12.3. The van der Waals surface area contributed by atoms with E-state index in [9.17, 15) is 9.18 Å². The zero-order valence-electron chi connectivity index (χ0n) is 9.83. The molecule has 0 bridgehead atoms. The highest BCUT2D eigenvalue weighted by Crippen LogP contribution is 2.35. The van der Waals surface area contributed by atoms with Gasteiger partial charge >= 0.3 is 5.97 Å². The first kappa shape index (κ1) is 12.7. The van der Waals surface area contributed by atoms with Gasteiger partial charge < -0.3 is 5.11 Å². The monoisotopic (exact) mass is 224 g/mol. The van der Waals surface area contributed by atoms with E-state index < -0.39 is 12.6 Å². The van der Waals surface area contributed by atoms with Gasteiger partial charge in [0, 0.05) is 5.92 Å². The maximum absolute atomic E-state index is 13.0. The van der Waals surface area contributed by atoms with Gasteiger partial charge in [-0.25, -0.2) is 4.79 Å². The highest BCUT2D eigenvalue weighted by molar-refractivity contribution is 5.87. The maximum atomic E-state index is 13.0. The normalized spacial score (nSPS) is 13.5. The average molecular weight is 224 g/mol. The van der Waals surface area contributed by atoms with E-state index in [1.165, 1.54) is 6.07 Å². The predicted molar refractivity (Wildman–Crippen MR) is 61.6 cm³/mol. The molecule has 0 fully saturated rings. The number of aromatic carboxylic acids is 1. The van der Waals surface area contributed by atoms with Crippen molar-refractivity contribution in [2.45, 2.75) is 26.7 Å². The summed E-state index contributed by atoms with van der Waals surface area (Å²) in [5, 5.41) is 8.87. The minimum Gasteiger partial charge on any atom is -0.478 e.